The number of rotatable bonds is 2. The number of halogens is 1. The van der Waals surface area contributed by atoms with E-state index in [-0.39, 0.29) is 6.61 Å². The molecule has 1 saturated heterocycles. The van der Waals surface area contributed by atoms with E-state index in [1.165, 1.54) is 0 Å². The summed E-state index contributed by atoms with van der Waals surface area (Å²) in [6.45, 7) is 1.29. The molecule has 0 aliphatic carbocycles. The molecule has 0 spiro atoms. The van der Waals surface area contributed by atoms with Crippen LogP contribution in [0, 0.1) is 0 Å². The number of benzene rings is 1. The Hall–Kier alpha value is -0.930. The van der Waals surface area contributed by atoms with Gasteiger partial charge in [0.25, 0.3) is 0 Å². The summed E-state index contributed by atoms with van der Waals surface area (Å²) in [6, 6.07) is 7.42. The van der Waals surface area contributed by atoms with Crippen molar-refractivity contribution in [2.24, 2.45) is 5.73 Å². The lowest BCUT2D eigenvalue weighted by Crippen LogP contribution is -2.31. The van der Waals surface area contributed by atoms with Gasteiger partial charge in [-0.3, -0.25) is 0 Å². The topological polar surface area (TPSA) is 35.2 Å². The molecule has 2 N–H and O–H groups in total. The summed E-state index contributed by atoms with van der Waals surface area (Å²) < 4.78 is 19.7. The van der Waals surface area contributed by atoms with Crippen molar-refractivity contribution in [1.82, 2.24) is 0 Å². The summed E-state index contributed by atoms with van der Waals surface area (Å²) in [7, 11) is 0. The Labute approximate surface area is 89.2 Å². The maximum absolute atomic E-state index is 14.5. The molecule has 1 aromatic carbocycles. The molecule has 1 aromatic rings. The zero-order valence-electron chi connectivity index (χ0n) is 8.71. The van der Waals surface area contributed by atoms with E-state index in [1.54, 1.807) is 0 Å². The molecule has 1 aliphatic rings. The largest absolute Gasteiger partial charge is 0.378 e. The van der Waals surface area contributed by atoms with Crippen LogP contribution in [0.25, 0.3) is 0 Å². The van der Waals surface area contributed by atoms with Gasteiger partial charge in [0.15, 0.2) is 5.67 Å². The summed E-state index contributed by atoms with van der Waals surface area (Å²) in [5.41, 5.74) is 5.89. The molecule has 0 saturated carbocycles. The van der Waals surface area contributed by atoms with Crippen LogP contribution in [0.5, 0.6) is 0 Å². The van der Waals surface area contributed by atoms with Gasteiger partial charge in [-0.05, 0) is 24.0 Å². The van der Waals surface area contributed by atoms with Crippen LogP contribution in [0.1, 0.15) is 24.0 Å². The molecule has 3 heteroatoms. The van der Waals surface area contributed by atoms with Crippen molar-refractivity contribution in [1.29, 1.82) is 0 Å². The predicted molar refractivity (Wildman–Crippen MR) is 57.2 cm³/mol. The van der Waals surface area contributed by atoms with Crippen LogP contribution in [0.3, 0.4) is 0 Å². The van der Waals surface area contributed by atoms with Crippen molar-refractivity contribution in [3.63, 3.8) is 0 Å². The van der Waals surface area contributed by atoms with Crippen molar-refractivity contribution in [2.75, 3.05) is 13.2 Å². The van der Waals surface area contributed by atoms with Crippen molar-refractivity contribution in [3.8, 4) is 0 Å². The predicted octanol–water partition coefficient (Wildman–Crippen LogP) is 2.12. The van der Waals surface area contributed by atoms with E-state index in [9.17, 15) is 4.39 Å². The summed E-state index contributed by atoms with van der Waals surface area (Å²) in [6.07, 6.45) is 1.32. The van der Waals surface area contributed by atoms with E-state index in [0.29, 0.717) is 25.1 Å². The van der Waals surface area contributed by atoms with E-state index >= 15 is 0 Å². The molecular formula is C12H16FNO. The molecule has 0 bridgehead atoms. The summed E-state index contributed by atoms with van der Waals surface area (Å²) in [5.74, 6) is 0. The number of alkyl halides is 1. The first kappa shape index (κ1) is 10.6. The number of nitrogens with two attached hydrogens (primary N) is 1. The highest BCUT2D eigenvalue weighted by Gasteiger charge is 2.34. The summed E-state index contributed by atoms with van der Waals surface area (Å²) in [4.78, 5) is 0. The van der Waals surface area contributed by atoms with E-state index in [0.717, 1.165) is 12.0 Å². The van der Waals surface area contributed by atoms with Crippen molar-refractivity contribution in [2.45, 2.75) is 25.1 Å². The highest BCUT2D eigenvalue weighted by molar-refractivity contribution is 5.28. The minimum atomic E-state index is -1.32. The lowest BCUT2D eigenvalue weighted by Gasteiger charge is -2.30. The Kier molecular flexibility index (Phi) is 3.03. The molecule has 2 nitrogen and oxygen atoms in total. The van der Waals surface area contributed by atoms with Gasteiger partial charge in [-0.25, -0.2) is 4.39 Å². The Morgan fingerprint density at radius 3 is 3.00 bits per heavy atom. The normalized spacial score (nSPS) is 26.5. The fraction of sp³-hybridized carbons (Fsp3) is 0.500. The quantitative estimate of drug-likeness (QED) is 0.809. The van der Waals surface area contributed by atoms with Crippen molar-refractivity contribution >= 4 is 0 Å². The van der Waals surface area contributed by atoms with Crippen LogP contribution in [0.2, 0.25) is 0 Å². The fourth-order valence-electron chi connectivity index (χ4n) is 1.97. The standard InChI is InChI=1S/C12H16FNO/c13-12(5-2-6-15-9-12)11-4-1-3-10(7-11)8-14/h1,3-4,7H,2,5-6,8-9,14H2. The third kappa shape index (κ3) is 2.19. The molecule has 0 amide bonds. The Bertz CT molecular complexity index is 334. The average Bonchev–Trinajstić information content (AvgIpc) is 2.30. The van der Waals surface area contributed by atoms with Gasteiger partial charge in [0.2, 0.25) is 0 Å². The highest BCUT2D eigenvalue weighted by Crippen LogP contribution is 2.34. The number of ether oxygens (including phenoxy) is 1. The van der Waals surface area contributed by atoms with E-state index in [2.05, 4.69) is 0 Å². The van der Waals surface area contributed by atoms with Gasteiger partial charge >= 0.3 is 0 Å². The average molecular weight is 209 g/mol. The van der Waals surface area contributed by atoms with Crippen LogP contribution in [-0.4, -0.2) is 13.2 Å². The lowest BCUT2D eigenvalue weighted by molar-refractivity contribution is -0.0347. The highest BCUT2D eigenvalue weighted by atomic mass is 19.1. The van der Waals surface area contributed by atoms with Crippen molar-refractivity contribution in [3.05, 3.63) is 35.4 Å². The SMILES string of the molecule is NCc1cccc(C2(F)CCCOC2)c1. The Balaban J connectivity index is 2.26. The second kappa shape index (κ2) is 4.29. The molecule has 1 heterocycles. The number of hydrogen-bond donors (Lipinski definition) is 1. The molecule has 2 rings (SSSR count). The monoisotopic (exact) mass is 209 g/mol. The summed E-state index contributed by atoms with van der Waals surface area (Å²) in [5, 5.41) is 0. The van der Waals surface area contributed by atoms with E-state index < -0.39 is 5.67 Å². The fourth-order valence-corrected chi connectivity index (χ4v) is 1.97. The second-order valence-corrected chi connectivity index (χ2v) is 4.03. The Morgan fingerprint density at radius 1 is 1.47 bits per heavy atom. The molecular weight excluding hydrogens is 193 g/mol. The number of hydrogen-bond acceptors (Lipinski definition) is 2. The second-order valence-electron chi connectivity index (χ2n) is 4.03. The lowest BCUT2D eigenvalue weighted by atomic mass is 9.89. The molecule has 0 aromatic heterocycles. The maximum atomic E-state index is 14.5. The third-order valence-electron chi connectivity index (χ3n) is 2.87. The van der Waals surface area contributed by atoms with Crippen LogP contribution in [0.15, 0.2) is 24.3 Å². The molecule has 1 unspecified atom stereocenters. The zero-order valence-corrected chi connectivity index (χ0v) is 8.71. The Morgan fingerprint density at radius 2 is 2.33 bits per heavy atom. The maximum Gasteiger partial charge on any atom is 0.159 e. The van der Waals surface area contributed by atoms with Crippen LogP contribution < -0.4 is 5.73 Å². The molecule has 0 radical (unpaired) electrons. The summed E-state index contributed by atoms with van der Waals surface area (Å²) >= 11 is 0. The van der Waals surface area contributed by atoms with Gasteiger partial charge < -0.3 is 10.5 Å². The van der Waals surface area contributed by atoms with Gasteiger partial charge in [-0.1, -0.05) is 24.3 Å². The third-order valence-corrected chi connectivity index (χ3v) is 2.87. The van der Waals surface area contributed by atoms with E-state index in [4.69, 9.17) is 10.5 Å². The smallest absolute Gasteiger partial charge is 0.159 e. The van der Waals surface area contributed by atoms with Crippen molar-refractivity contribution < 1.29 is 9.13 Å². The van der Waals surface area contributed by atoms with Gasteiger partial charge in [-0.2, -0.15) is 0 Å². The molecule has 1 atom stereocenters. The molecule has 1 fully saturated rings. The van der Waals surface area contributed by atoms with Gasteiger partial charge in [-0.15, -0.1) is 0 Å². The van der Waals surface area contributed by atoms with E-state index in [1.807, 2.05) is 24.3 Å². The van der Waals surface area contributed by atoms with Gasteiger partial charge in [0.1, 0.15) is 0 Å². The first-order valence-electron chi connectivity index (χ1n) is 5.31. The minimum absolute atomic E-state index is 0.168. The van der Waals surface area contributed by atoms with Crippen LogP contribution >= 0.6 is 0 Å². The molecule has 82 valence electrons. The van der Waals surface area contributed by atoms with Gasteiger partial charge in [0, 0.05) is 13.2 Å². The zero-order chi connectivity index (χ0) is 10.7. The van der Waals surface area contributed by atoms with Crippen LogP contribution in [0.4, 0.5) is 4.39 Å². The molecule has 15 heavy (non-hydrogen) atoms. The minimum Gasteiger partial charge on any atom is -0.378 e. The van der Waals surface area contributed by atoms with Gasteiger partial charge in [0.05, 0.1) is 6.61 Å². The molecule has 1 aliphatic heterocycles. The van der Waals surface area contributed by atoms with Crippen LogP contribution in [-0.2, 0) is 17.0 Å². The first-order chi connectivity index (χ1) is 7.24. The first-order valence-corrected chi connectivity index (χ1v) is 5.31.